The molecule has 2 aromatic heterocycles. The number of hydrogen-bond acceptors (Lipinski definition) is 3. The molecule has 0 atom stereocenters. The van der Waals surface area contributed by atoms with Crippen LogP contribution in [0.15, 0.2) is 28.2 Å². The summed E-state index contributed by atoms with van der Waals surface area (Å²) in [4.78, 5) is 24.6. The van der Waals surface area contributed by atoms with Gasteiger partial charge in [0.05, 0.1) is 11.8 Å². The Balaban J connectivity index is 2.83. The second-order valence-electron chi connectivity index (χ2n) is 5.65. The van der Waals surface area contributed by atoms with Gasteiger partial charge < -0.3 is 4.57 Å². The van der Waals surface area contributed by atoms with Crippen molar-refractivity contribution in [3.63, 3.8) is 0 Å². The zero-order chi connectivity index (χ0) is 14.4. The molecule has 0 aliphatic heterocycles. The summed E-state index contributed by atoms with van der Waals surface area (Å²) < 4.78 is 4.33. The van der Waals surface area contributed by atoms with E-state index in [0.717, 1.165) is 0 Å². The number of aromatic nitrogens is 4. The van der Waals surface area contributed by atoms with Crippen molar-refractivity contribution in [1.82, 2.24) is 18.9 Å². The zero-order valence-electron chi connectivity index (χ0n) is 11.8. The van der Waals surface area contributed by atoms with Crippen LogP contribution in [-0.2, 0) is 19.6 Å². The highest BCUT2D eigenvalue weighted by Crippen LogP contribution is 2.15. The molecule has 2 rings (SSSR count). The van der Waals surface area contributed by atoms with Gasteiger partial charge in [-0.05, 0) is 20.8 Å². The SMILES string of the molecule is Cn1cc(-c2cn(C)c(=O)n(C(C)(C)C)c2=O)cn1. The van der Waals surface area contributed by atoms with Crippen LogP contribution in [0.4, 0.5) is 0 Å². The van der Waals surface area contributed by atoms with Crippen LogP contribution in [0.1, 0.15) is 20.8 Å². The number of aryl methyl sites for hydroxylation is 2. The molecule has 0 amide bonds. The molecule has 19 heavy (non-hydrogen) atoms. The molecule has 0 saturated heterocycles. The maximum Gasteiger partial charge on any atom is 0.331 e. The second-order valence-corrected chi connectivity index (χ2v) is 5.65. The fraction of sp³-hybridized carbons (Fsp3) is 0.462. The third-order valence-electron chi connectivity index (χ3n) is 2.94. The van der Waals surface area contributed by atoms with Crippen LogP contribution in [-0.4, -0.2) is 18.9 Å². The van der Waals surface area contributed by atoms with Gasteiger partial charge >= 0.3 is 5.69 Å². The first kappa shape index (κ1) is 13.3. The van der Waals surface area contributed by atoms with E-state index >= 15 is 0 Å². The van der Waals surface area contributed by atoms with Crippen LogP contribution in [0.3, 0.4) is 0 Å². The van der Waals surface area contributed by atoms with Gasteiger partial charge in [0.15, 0.2) is 0 Å². The lowest BCUT2D eigenvalue weighted by molar-refractivity contribution is 0.359. The predicted molar refractivity (Wildman–Crippen MR) is 73.1 cm³/mol. The maximum absolute atomic E-state index is 12.5. The number of hydrogen-bond donors (Lipinski definition) is 0. The molecule has 0 unspecified atom stereocenters. The highest BCUT2D eigenvalue weighted by Gasteiger charge is 2.21. The molecule has 2 heterocycles. The Morgan fingerprint density at radius 2 is 1.74 bits per heavy atom. The van der Waals surface area contributed by atoms with Crippen molar-refractivity contribution in [3.05, 3.63) is 39.4 Å². The highest BCUT2D eigenvalue weighted by atomic mass is 16.2. The lowest BCUT2D eigenvalue weighted by Gasteiger charge is -2.22. The Kier molecular flexibility index (Phi) is 2.96. The average molecular weight is 262 g/mol. The van der Waals surface area contributed by atoms with Gasteiger partial charge in [0, 0.05) is 37.6 Å². The van der Waals surface area contributed by atoms with Crippen LogP contribution < -0.4 is 11.2 Å². The molecule has 6 nitrogen and oxygen atoms in total. The topological polar surface area (TPSA) is 61.8 Å². The van der Waals surface area contributed by atoms with Crippen molar-refractivity contribution in [1.29, 1.82) is 0 Å². The van der Waals surface area contributed by atoms with E-state index in [0.29, 0.717) is 11.1 Å². The summed E-state index contributed by atoms with van der Waals surface area (Å²) in [6.07, 6.45) is 4.94. The van der Waals surface area contributed by atoms with Crippen LogP contribution in [0.25, 0.3) is 11.1 Å². The first-order chi connectivity index (χ1) is 8.71. The molecule has 0 fully saturated rings. The molecule has 0 aliphatic carbocycles. The van der Waals surface area contributed by atoms with E-state index in [1.54, 1.807) is 37.4 Å². The summed E-state index contributed by atoms with van der Waals surface area (Å²) in [5, 5.41) is 4.06. The molecule has 2 aromatic rings. The van der Waals surface area contributed by atoms with E-state index in [1.165, 1.54) is 9.13 Å². The summed E-state index contributed by atoms with van der Waals surface area (Å²) in [6.45, 7) is 5.51. The van der Waals surface area contributed by atoms with Gasteiger partial charge in [-0.3, -0.25) is 14.0 Å². The van der Waals surface area contributed by atoms with Gasteiger partial charge in [0.1, 0.15) is 0 Å². The maximum atomic E-state index is 12.5. The van der Waals surface area contributed by atoms with Crippen molar-refractivity contribution < 1.29 is 0 Å². The molecule has 0 spiro atoms. The molecule has 102 valence electrons. The van der Waals surface area contributed by atoms with E-state index in [-0.39, 0.29) is 11.2 Å². The highest BCUT2D eigenvalue weighted by molar-refractivity contribution is 5.59. The first-order valence-corrected chi connectivity index (χ1v) is 6.04. The smallest absolute Gasteiger partial charge is 0.303 e. The summed E-state index contributed by atoms with van der Waals surface area (Å²) >= 11 is 0. The Bertz CT molecular complexity index is 728. The monoisotopic (exact) mass is 262 g/mol. The molecule has 0 N–H and O–H groups in total. The molecule has 0 radical (unpaired) electrons. The fourth-order valence-electron chi connectivity index (χ4n) is 2.02. The normalized spacial score (nSPS) is 11.8. The lowest BCUT2D eigenvalue weighted by atomic mass is 10.1. The van der Waals surface area contributed by atoms with E-state index in [4.69, 9.17) is 0 Å². The van der Waals surface area contributed by atoms with Crippen molar-refractivity contribution >= 4 is 0 Å². The largest absolute Gasteiger partial charge is 0.331 e. The summed E-state index contributed by atoms with van der Waals surface area (Å²) in [5.74, 6) is 0. The van der Waals surface area contributed by atoms with Gasteiger partial charge in [-0.1, -0.05) is 0 Å². The van der Waals surface area contributed by atoms with E-state index < -0.39 is 5.54 Å². The van der Waals surface area contributed by atoms with E-state index in [2.05, 4.69) is 5.10 Å². The van der Waals surface area contributed by atoms with Crippen LogP contribution in [0, 0.1) is 0 Å². The molecule has 0 aliphatic rings. The summed E-state index contributed by atoms with van der Waals surface area (Å²) in [5.41, 5.74) is 0.0180. The Hall–Kier alpha value is -2.11. The molecule has 6 heteroatoms. The molecule has 0 aromatic carbocycles. The van der Waals surface area contributed by atoms with Crippen LogP contribution in [0.5, 0.6) is 0 Å². The Morgan fingerprint density at radius 1 is 1.11 bits per heavy atom. The predicted octanol–water partition coefficient (Wildman–Crippen LogP) is 0.702. The molecule has 0 bridgehead atoms. The van der Waals surface area contributed by atoms with Gasteiger partial charge in [-0.25, -0.2) is 4.79 Å². The van der Waals surface area contributed by atoms with E-state index in [1.807, 2.05) is 20.8 Å². The number of nitrogens with zero attached hydrogens (tertiary/aromatic N) is 4. The quantitative estimate of drug-likeness (QED) is 0.760. The molecular weight excluding hydrogens is 244 g/mol. The third kappa shape index (κ3) is 2.25. The minimum Gasteiger partial charge on any atom is -0.303 e. The van der Waals surface area contributed by atoms with Gasteiger partial charge in [-0.2, -0.15) is 5.10 Å². The van der Waals surface area contributed by atoms with Crippen molar-refractivity contribution in [2.45, 2.75) is 26.3 Å². The summed E-state index contributed by atoms with van der Waals surface area (Å²) in [7, 11) is 3.43. The van der Waals surface area contributed by atoms with Crippen LogP contribution >= 0.6 is 0 Å². The number of rotatable bonds is 1. The van der Waals surface area contributed by atoms with Crippen LogP contribution in [0.2, 0.25) is 0 Å². The Morgan fingerprint density at radius 3 is 2.21 bits per heavy atom. The van der Waals surface area contributed by atoms with Gasteiger partial charge in [0.25, 0.3) is 5.56 Å². The fourth-order valence-corrected chi connectivity index (χ4v) is 2.02. The van der Waals surface area contributed by atoms with Crippen molar-refractivity contribution in [2.24, 2.45) is 14.1 Å². The second kappa shape index (κ2) is 4.22. The lowest BCUT2D eigenvalue weighted by Crippen LogP contribution is -2.47. The molecular formula is C13H18N4O2. The van der Waals surface area contributed by atoms with Gasteiger partial charge in [-0.15, -0.1) is 0 Å². The minimum absolute atomic E-state index is 0.288. The average Bonchev–Trinajstić information content (AvgIpc) is 2.68. The van der Waals surface area contributed by atoms with Crippen molar-refractivity contribution in [2.75, 3.05) is 0 Å². The minimum atomic E-state index is -0.565. The summed E-state index contributed by atoms with van der Waals surface area (Å²) in [6, 6.07) is 0. The van der Waals surface area contributed by atoms with E-state index in [9.17, 15) is 9.59 Å². The van der Waals surface area contributed by atoms with Gasteiger partial charge in [0.2, 0.25) is 0 Å². The Labute approximate surface area is 110 Å². The third-order valence-corrected chi connectivity index (χ3v) is 2.94. The zero-order valence-corrected chi connectivity index (χ0v) is 11.8. The molecule has 0 saturated carbocycles. The first-order valence-electron chi connectivity index (χ1n) is 6.04. The standard InChI is InChI=1S/C13H18N4O2/c1-13(2,3)17-11(18)10(8-15(4)12(17)19)9-6-14-16(5)7-9/h6-8H,1-5H3. The van der Waals surface area contributed by atoms with Crippen molar-refractivity contribution in [3.8, 4) is 11.1 Å².